The molecule has 2 heterocycles. The van der Waals surface area contributed by atoms with Gasteiger partial charge in [-0.2, -0.15) is 0 Å². The van der Waals surface area contributed by atoms with E-state index in [2.05, 4.69) is 67.6 Å². The van der Waals surface area contributed by atoms with Gasteiger partial charge in [-0.25, -0.2) is 0 Å². The van der Waals surface area contributed by atoms with E-state index in [1.165, 1.54) is 38.5 Å². The maximum Gasteiger partial charge on any atom is -0.00290 e. The Kier molecular flexibility index (Phi) is 6.45. The summed E-state index contributed by atoms with van der Waals surface area (Å²) in [6.45, 7) is 2.66. The number of rotatable bonds is 6. The van der Waals surface area contributed by atoms with Gasteiger partial charge >= 0.3 is 0 Å². The molecule has 2 unspecified atom stereocenters. The van der Waals surface area contributed by atoms with Crippen molar-refractivity contribution in [3.63, 3.8) is 0 Å². The molecule has 0 aliphatic carbocycles. The molecule has 0 nitrogen and oxygen atoms in total. The van der Waals surface area contributed by atoms with E-state index in [1.54, 1.807) is 23.5 Å². The minimum Gasteiger partial charge on any atom is -0.0959 e. The summed E-state index contributed by atoms with van der Waals surface area (Å²) < 4.78 is 0. The molecule has 2 aromatic rings. The lowest BCUT2D eigenvalue weighted by atomic mass is 10.1. The van der Waals surface area contributed by atoms with Crippen LogP contribution in [-0.4, -0.2) is 29.0 Å². The number of benzene rings is 2. The SMILES string of the molecule is CC([P@]1CCCC1Cc1ccccc1)[P@]1CCCC1Cc1ccccc1. The molecule has 2 heteroatoms. The fourth-order valence-corrected chi connectivity index (χ4v) is 14.2. The minimum atomic E-state index is 0.223. The summed E-state index contributed by atoms with van der Waals surface area (Å²) in [6, 6.07) is 22.5. The lowest BCUT2D eigenvalue weighted by Crippen LogP contribution is -2.16. The first-order chi connectivity index (χ1) is 12.8. The molecule has 0 bridgehead atoms. The normalized spacial score (nSPS) is 29.7. The van der Waals surface area contributed by atoms with Crippen LogP contribution in [0.15, 0.2) is 60.7 Å². The van der Waals surface area contributed by atoms with Crippen LogP contribution >= 0.6 is 15.8 Å². The fourth-order valence-electron chi connectivity index (χ4n) is 5.10. The van der Waals surface area contributed by atoms with Crippen LogP contribution in [0.25, 0.3) is 0 Å². The van der Waals surface area contributed by atoms with Gasteiger partial charge in [0, 0.05) is 0 Å². The molecule has 2 aromatic carbocycles. The quantitative estimate of drug-likeness (QED) is 0.467. The monoisotopic (exact) mass is 382 g/mol. The topological polar surface area (TPSA) is 0 Å². The van der Waals surface area contributed by atoms with Gasteiger partial charge in [-0.1, -0.05) is 83.4 Å². The highest BCUT2D eigenvalue weighted by atomic mass is 31.2. The Bertz CT molecular complexity index is 610. The van der Waals surface area contributed by atoms with Crippen molar-refractivity contribution in [1.82, 2.24) is 0 Å². The van der Waals surface area contributed by atoms with Crippen molar-refractivity contribution >= 4 is 15.8 Å². The van der Waals surface area contributed by atoms with Gasteiger partial charge in [-0.15, -0.1) is 0 Å². The third kappa shape index (κ3) is 4.40. The second-order valence-electron chi connectivity index (χ2n) is 8.08. The van der Waals surface area contributed by atoms with Crippen LogP contribution in [0.2, 0.25) is 0 Å². The second-order valence-corrected chi connectivity index (χ2v) is 14.4. The molecule has 2 saturated heterocycles. The van der Waals surface area contributed by atoms with Crippen molar-refractivity contribution < 1.29 is 0 Å². The molecule has 4 rings (SSSR count). The minimum absolute atomic E-state index is 0.223. The second kappa shape index (κ2) is 8.99. The Morgan fingerprint density at radius 1 is 0.731 bits per heavy atom. The third-order valence-electron chi connectivity index (χ3n) is 6.43. The van der Waals surface area contributed by atoms with Crippen LogP contribution in [0, 0.1) is 0 Å². The van der Waals surface area contributed by atoms with Crippen LogP contribution in [0.3, 0.4) is 0 Å². The van der Waals surface area contributed by atoms with Gasteiger partial charge in [-0.3, -0.25) is 0 Å². The Balaban J connectivity index is 1.42. The van der Waals surface area contributed by atoms with E-state index in [-0.39, 0.29) is 15.8 Å². The summed E-state index contributed by atoms with van der Waals surface area (Å²) in [4.78, 5) is 0. The van der Waals surface area contributed by atoms with Crippen LogP contribution in [0.4, 0.5) is 0 Å². The highest BCUT2D eigenvalue weighted by molar-refractivity contribution is 7.76. The van der Waals surface area contributed by atoms with Crippen molar-refractivity contribution in [3.05, 3.63) is 71.8 Å². The summed E-state index contributed by atoms with van der Waals surface area (Å²) in [5.74, 6) is 0. The van der Waals surface area contributed by atoms with Crippen molar-refractivity contribution in [2.45, 2.75) is 62.2 Å². The smallest absolute Gasteiger partial charge is 0.00290 e. The van der Waals surface area contributed by atoms with E-state index in [1.807, 2.05) is 0 Å². The van der Waals surface area contributed by atoms with Gasteiger partial charge in [0.2, 0.25) is 0 Å². The lowest BCUT2D eigenvalue weighted by Gasteiger charge is -2.35. The summed E-state index contributed by atoms with van der Waals surface area (Å²) in [7, 11) is 0.446. The van der Waals surface area contributed by atoms with Crippen LogP contribution in [0.5, 0.6) is 0 Å². The Morgan fingerprint density at radius 2 is 1.15 bits per heavy atom. The molecular formula is C24H32P2. The predicted molar refractivity (Wildman–Crippen MR) is 119 cm³/mol. The molecule has 0 N–H and O–H groups in total. The van der Waals surface area contributed by atoms with Gasteiger partial charge in [0.25, 0.3) is 0 Å². The fraction of sp³-hybridized carbons (Fsp3) is 0.500. The molecule has 0 amide bonds. The maximum atomic E-state index is 2.66. The van der Waals surface area contributed by atoms with Crippen LogP contribution in [0.1, 0.15) is 43.7 Å². The van der Waals surface area contributed by atoms with E-state index in [9.17, 15) is 0 Å². The molecule has 0 spiro atoms. The maximum absolute atomic E-state index is 2.66. The van der Waals surface area contributed by atoms with Crippen LogP contribution in [-0.2, 0) is 12.8 Å². The molecule has 26 heavy (non-hydrogen) atoms. The van der Waals surface area contributed by atoms with Gasteiger partial charge in [0.1, 0.15) is 0 Å². The Hall–Kier alpha value is -0.700. The molecule has 2 aliphatic rings. The molecular weight excluding hydrogens is 350 g/mol. The highest BCUT2D eigenvalue weighted by Crippen LogP contribution is 2.69. The lowest BCUT2D eigenvalue weighted by molar-refractivity contribution is 0.769. The zero-order valence-corrected chi connectivity index (χ0v) is 17.8. The van der Waals surface area contributed by atoms with Gasteiger partial charge in [0.05, 0.1) is 0 Å². The molecule has 0 saturated carbocycles. The third-order valence-corrected chi connectivity index (χ3v) is 14.6. The molecule has 0 radical (unpaired) electrons. The molecule has 0 aromatic heterocycles. The number of hydrogen-bond donors (Lipinski definition) is 0. The summed E-state index contributed by atoms with van der Waals surface area (Å²) >= 11 is 0. The zero-order valence-electron chi connectivity index (χ0n) is 16.1. The highest BCUT2D eigenvalue weighted by Gasteiger charge is 2.39. The van der Waals surface area contributed by atoms with E-state index >= 15 is 0 Å². The first kappa shape index (κ1) is 18.7. The predicted octanol–water partition coefficient (Wildman–Crippen LogP) is 7.11. The standard InChI is InChI=1S/C24H32P2/c1-20(25-16-8-14-23(25)18-21-10-4-2-5-11-21)26-17-9-15-24(26)19-22-12-6-3-7-13-22/h2-7,10-13,20,23-24H,8-9,14-19H2,1H3/t20?,23?,24?,25-,26-/m0/s1. The zero-order chi connectivity index (χ0) is 17.8. The van der Waals surface area contributed by atoms with Crippen molar-refractivity contribution in [2.24, 2.45) is 0 Å². The summed E-state index contributed by atoms with van der Waals surface area (Å²) in [5, 5.41) is 1.02. The van der Waals surface area contributed by atoms with E-state index in [0.717, 1.165) is 16.7 Å². The Morgan fingerprint density at radius 3 is 1.58 bits per heavy atom. The van der Waals surface area contributed by atoms with Gasteiger partial charge in [0.15, 0.2) is 0 Å². The largest absolute Gasteiger partial charge is 0.0959 e. The van der Waals surface area contributed by atoms with Crippen molar-refractivity contribution in [1.29, 1.82) is 0 Å². The van der Waals surface area contributed by atoms with Gasteiger partial charge < -0.3 is 0 Å². The first-order valence-electron chi connectivity index (χ1n) is 10.4. The molecule has 4 atom stereocenters. The van der Waals surface area contributed by atoms with Crippen LogP contribution < -0.4 is 0 Å². The average molecular weight is 382 g/mol. The number of hydrogen-bond acceptors (Lipinski definition) is 0. The van der Waals surface area contributed by atoms with E-state index < -0.39 is 0 Å². The molecule has 2 aliphatic heterocycles. The van der Waals surface area contributed by atoms with E-state index in [0.29, 0.717) is 0 Å². The Labute approximate surface area is 162 Å². The van der Waals surface area contributed by atoms with E-state index in [4.69, 9.17) is 0 Å². The molecule has 138 valence electrons. The molecule has 2 fully saturated rings. The first-order valence-corrected chi connectivity index (χ1v) is 13.7. The van der Waals surface area contributed by atoms with Gasteiger partial charge in [-0.05, 0) is 78.7 Å². The summed E-state index contributed by atoms with van der Waals surface area (Å²) in [6.07, 6.45) is 11.7. The average Bonchev–Trinajstić information content (AvgIpc) is 3.32. The summed E-state index contributed by atoms with van der Waals surface area (Å²) in [5.41, 5.74) is 5.11. The van der Waals surface area contributed by atoms with Crippen molar-refractivity contribution in [2.75, 3.05) is 12.3 Å². The van der Waals surface area contributed by atoms with Crippen molar-refractivity contribution in [3.8, 4) is 0 Å².